The van der Waals surface area contributed by atoms with Gasteiger partial charge in [-0.2, -0.15) is 5.10 Å². The van der Waals surface area contributed by atoms with E-state index in [-0.39, 0.29) is 11.3 Å². The maximum Gasteiger partial charge on any atom is 0.238 e. The Labute approximate surface area is 179 Å². The number of aromatic nitrogens is 2. The normalized spacial score (nSPS) is 11.7. The first-order valence-electron chi connectivity index (χ1n) is 10.3. The van der Waals surface area contributed by atoms with Gasteiger partial charge in [0.2, 0.25) is 5.91 Å². The third-order valence-corrected chi connectivity index (χ3v) is 5.29. The van der Waals surface area contributed by atoms with Crippen LogP contribution in [0.25, 0.3) is 5.69 Å². The van der Waals surface area contributed by atoms with Gasteiger partial charge in [-0.15, -0.1) is 0 Å². The van der Waals surface area contributed by atoms with Crippen LogP contribution in [0.1, 0.15) is 43.3 Å². The van der Waals surface area contributed by atoms with E-state index in [1.54, 1.807) is 0 Å². The molecule has 0 aliphatic carbocycles. The van der Waals surface area contributed by atoms with E-state index < -0.39 is 0 Å². The molecule has 0 radical (unpaired) electrons. The number of carbonyl (C=O) groups is 1. The Kier molecular flexibility index (Phi) is 6.42. The molecule has 0 saturated heterocycles. The van der Waals surface area contributed by atoms with Crippen molar-refractivity contribution in [3.05, 3.63) is 77.1 Å². The second kappa shape index (κ2) is 8.84. The zero-order valence-electron chi connectivity index (χ0n) is 18.9. The quantitative estimate of drug-likeness (QED) is 0.638. The lowest BCUT2D eigenvalue weighted by atomic mass is 9.86. The van der Waals surface area contributed by atoms with Crippen LogP contribution in [0.15, 0.2) is 54.6 Å². The highest BCUT2D eigenvalue weighted by Crippen LogP contribution is 2.29. The third-order valence-electron chi connectivity index (χ3n) is 5.29. The van der Waals surface area contributed by atoms with Gasteiger partial charge in [-0.3, -0.25) is 9.69 Å². The van der Waals surface area contributed by atoms with Crippen molar-refractivity contribution in [1.82, 2.24) is 14.7 Å². The number of hydrogen-bond acceptors (Lipinski definition) is 3. The first-order valence-corrected chi connectivity index (χ1v) is 10.3. The van der Waals surface area contributed by atoms with Gasteiger partial charge in [0.25, 0.3) is 0 Å². The Hall–Kier alpha value is -2.92. The highest BCUT2D eigenvalue weighted by molar-refractivity contribution is 5.93. The van der Waals surface area contributed by atoms with Gasteiger partial charge in [-0.05, 0) is 50.1 Å². The second-order valence-electron chi connectivity index (χ2n) is 8.91. The summed E-state index contributed by atoms with van der Waals surface area (Å²) in [6, 6.07) is 18.1. The molecule has 0 bridgehead atoms. The number of amides is 1. The van der Waals surface area contributed by atoms with E-state index >= 15 is 0 Å². The Morgan fingerprint density at radius 1 is 1.03 bits per heavy atom. The molecule has 0 atom stereocenters. The molecule has 1 aromatic heterocycles. The average Bonchev–Trinajstić information content (AvgIpc) is 2.96. The fraction of sp³-hybridized carbons (Fsp3) is 0.360. The fourth-order valence-corrected chi connectivity index (χ4v) is 3.73. The molecular weight excluding hydrogens is 372 g/mol. The molecule has 3 rings (SSSR count). The standard InChI is InChI=1S/C25H32N4O/c1-18-21(19(2)29(27-18)20-12-8-7-9-13-20)16-28(6)17-24(30)26-23-15-11-10-14-22(23)25(3,4)5/h7-15H,16-17H2,1-6H3,(H,26,30). The summed E-state index contributed by atoms with van der Waals surface area (Å²) >= 11 is 0. The minimum Gasteiger partial charge on any atom is -0.325 e. The summed E-state index contributed by atoms with van der Waals surface area (Å²) in [4.78, 5) is 14.7. The van der Waals surface area contributed by atoms with E-state index in [0.29, 0.717) is 13.1 Å². The van der Waals surface area contributed by atoms with Crippen molar-refractivity contribution in [2.75, 3.05) is 18.9 Å². The van der Waals surface area contributed by atoms with Crippen LogP contribution in [0.5, 0.6) is 0 Å². The molecule has 5 nitrogen and oxygen atoms in total. The van der Waals surface area contributed by atoms with E-state index in [1.165, 1.54) is 0 Å². The third kappa shape index (κ3) is 4.97. The Bertz CT molecular complexity index is 1020. The fourth-order valence-electron chi connectivity index (χ4n) is 3.73. The highest BCUT2D eigenvalue weighted by atomic mass is 16.2. The number of hydrogen-bond donors (Lipinski definition) is 1. The SMILES string of the molecule is Cc1nn(-c2ccccc2)c(C)c1CN(C)CC(=O)Nc1ccccc1C(C)(C)C. The van der Waals surface area contributed by atoms with Gasteiger partial charge in [0.15, 0.2) is 0 Å². The van der Waals surface area contributed by atoms with Crippen molar-refractivity contribution in [2.24, 2.45) is 0 Å². The molecule has 30 heavy (non-hydrogen) atoms. The lowest BCUT2D eigenvalue weighted by Gasteiger charge is -2.23. The van der Waals surface area contributed by atoms with E-state index in [1.807, 2.05) is 72.1 Å². The van der Waals surface area contributed by atoms with Crippen molar-refractivity contribution in [2.45, 2.75) is 46.6 Å². The van der Waals surface area contributed by atoms with Gasteiger partial charge in [0, 0.05) is 23.5 Å². The molecule has 3 aromatic rings. The monoisotopic (exact) mass is 404 g/mol. The predicted octanol–water partition coefficient (Wildman–Crippen LogP) is 4.86. The van der Waals surface area contributed by atoms with E-state index in [4.69, 9.17) is 5.10 Å². The second-order valence-corrected chi connectivity index (χ2v) is 8.91. The maximum atomic E-state index is 12.7. The zero-order valence-corrected chi connectivity index (χ0v) is 18.9. The molecule has 5 heteroatoms. The van der Waals surface area contributed by atoms with Gasteiger partial charge >= 0.3 is 0 Å². The Morgan fingerprint density at radius 3 is 2.33 bits per heavy atom. The summed E-state index contributed by atoms with van der Waals surface area (Å²) in [6.07, 6.45) is 0. The average molecular weight is 405 g/mol. The summed E-state index contributed by atoms with van der Waals surface area (Å²) in [5.74, 6) is -0.0139. The van der Waals surface area contributed by atoms with Crippen LogP contribution in [0.3, 0.4) is 0 Å². The highest BCUT2D eigenvalue weighted by Gasteiger charge is 2.20. The summed E-state index contributed by atoms with van der Waals surface area (Å²) in [5, 5.41) is 7.80. The van der Waals surface area contributed by atoms with E-state index in [2.05, 4.69) is 39.1 Å². The summed E-state index contributed by atoms with van der Waals surface area (Å²) in [5.41, 5.74) is 6.28. The first kappa shape index (κ1) is 21.8. The van der Waals surface area contributed by atoms with Crippen molar-refractivity contribution in [3.8, 4) is 5.69 Å². The van der Waals surface area contributed by atoms with Crippen molar-refractivity contribution < 1.29 is 4.79 Å². The van der Waals surface area contributed by atoms with Crippen LogP contribution in [-0.4, -0.2) is 34.2 Å². The zero-order chi connectivity index (χ0) is 21.9. The summed E-state index contributed by atoms with van der Waals surface area (Å²) < 4.78 is 1.97. The lowest BCUT2D eigenvalue weighted by Crippen LogP contribution is -2.31. The summed E-state index contributed by atoms with van der Waals surface area (Å²) in [7, 11) is 1.97. The molecule has 1 heterocycles. The van der Waals surface area contributed by atoms with Crippen LogP contribution >= 0.6 is 0 Å². The van der Waals surface area contributed by atoms with Gasteiger partial charge < -0.3 is 5.32 Å². The molecule has 1 N–H and O–H groups in total. The molecule has 0 fully saturated rings. The molecular formula is C25H32N4O. The summed E-state index contributed by atoms with van der Waals surface area (Å²) in [6.45, 7) is 11.5. The van der Waals surface area contributed by atoms with Crippen LogP contribution < -0.4 is 5.32 Å². The lowest BCUT2D eigenvalue weighted by molar-refractivity contribution is -0.117. The van der Waals surface area contributed by atoms with Crippen LogP contribution in [-0.2, 0) is 16.8 Å². The van der Waals surface area contributed by atoms with E-state index in [9.17, 15) is 4.79 Å². The largest absolute Gasteiger partial charge is 0.325 e. The van der Waals surface area contributed by atoms with Crippen LogP contribution in [0.4, 0.5) is 5.69 Å². The molecule has 0 spiro atoms. The van der Waals surface area contributed by atoms with Gasteiger partial charge in [0.05, 0.1) is 17.9 Å². The topological polar surface area (TPSA) is 50.2 Å². The van der Waals surface area contributed by atoms with Crippen LogP contribution in [0.2, 0.25) is 0 Å². The predicted molar refractivity (Wildman–Crippen MR) is 123 cm³/mol. The van der Waals surface area contributed by atoms with Gasteiger partial charge in [-0.1, -0.05) is 57.2 Å². The molecule has 0 aliphatic heterocycles. The number of nitrogens with one attached hydrogen (secondary N) is 1. The minimum atomic E-state index is -0.0317. The first-order chi connectivity index (χ1) is 14.2. The molecule has 158 valence electrons. The number of nitrogens with zero attached hydrogens (tertiary/aromatic N) is 3. The molecule has 2 aromatic carbocycles. The molecule has 0 aliphatic rings. The van der Waals surface area contributed by atoms with Crippen molar-refractivity contribution in [1.29, 1.82) is 0 Å². The molecule has 0 saturated carbocycles. The smallest absolute Gasteiger partial charge is 0.238 e. The van der Waals surface area contributed by atoms with Gasteiger partial charge in [0.1, 0.15) is 0 Å². The number of anilines is 1. The number of rotatable bonds is 6. The number of benzene rings is 2. The Balaban J connectivity index is 1.69. The number of likely N-dealkylation sites (N-methyl/N-ethyl adjacent to an activating group) is 1. The van der Waals surface area contributed by atoms with Crippen molar-refractivity contribution >= 4 is 11.6 Å². The van der Waals surface area contributed by atoms with Crippen molar-refractivity contribution in [3.63, 3.8) is 0 Å². The number of para-hydroxylation sites is 2. The van der Waals surface area contributed by atoms with E-state index in [0.717, 1.165) is 33.9 Å². The number of aryl methyl sites for hydroxylation is 1. The Morgan fingerprint density at radius 2 is 1.67 bits per heavy atom. The number of carbonyl (C=O) groups excluding carboxylic acids is 1. The van der Waals surface area contributed by atoms with Gasteiger partial charge in [-0.25, -0.2) is 4.68 Å². The molecule has 0 unspecified atom stereocenters. The minimum absolute atomic E-state index is 0.0139. The maximum absolute atomic E-state index is 12.7. The van der Waals surface area contributed by atoms with Crippen LogP contribution in [0, 0.1) is 13.8 Å². The molecule has 1 amide bonds.